The van der Waals surface area contributed by atoms with E-state index in [4.69, 9.17) is 0 Å². The highest BCUT2D eigenvalue weighted by Crippen LogP contribution is 2.31. The SMILES string of the molecule is O=[N+]([O-])c1ccc(NCc2ccc(OCC(F)(F)F)nc2)c2ccncc12. The van der Waals surface area contributed by atoms with Crippen LogP contribution in [0.15, 0.2) is 48.9 Å². The first kappa shape index (κ1) is 18.4. The van der Waals surface area contributed by atoms with Gasteiger partial charge in [-0.2, -0.15) is 13.2 Å². The highest BCUT2D eigenvalue weighted by atomic mass is 19.4. The molecule has 0 amide bonds. The summed E-state index contributed by atoms with van der Waals surface area (Å²) >= 11 is 0. The monoisotopic (exact) mass is 378 g/mol. The number of nitrogens with one attached hydrogen (secondary N) is 1. The van der Waals surface area contributed by atoms with E-state index in [2.05, 4.69) is 20.0 Å². The molecule has 3 rings (SSSR count). The molecule has 3 aromatic rings. The van der Waals surface area contributed by atoms with Gasteiger partial charge in [-0.1, -0.05) is 6.07 Å². The van der Waals surface area contributed by atoms with Gasteiger partial charge in [-0.3, -0.25) is 15.1 Å². The number of aromatic nitrogens is 2. The summed E-state index contributed by atoms with van der Waals surface area (Å²) in [5.74, 6) is -0.122. The normalized spacial score (nSPS) is 11.4. The van der Waals surface area contributed by atoms with E-state index in [9.17, 15) is 23.3 Å². The van der Waals surface area contributed by atoms with Crippen molar-refractivity contribution >= 4 is 22.1 Å². The summed E-state index contributed by atoms with van der Waals surface area (Å²) in [6.45, 7) is -1.08. The molecule has 7 nitrogen and oxygen atoms in total. The molecule has 0 aliphatic heterocycles. The first-order valence-electron chi connectivity index (χ1n) is 7.73. The van der Waals surface area contributed by atoms with E-state index >= 15 is 0 Å². The molecule has 2 aromatic heterocycles. The quantitative estimate of drug-likeness (QED) is 0.513. The molecular formula is C17H13F3N4O3. The molecule has 0 fully saturated rings. The van der Waals surface area contributed by atoms with E-state index in [-0.39, 0.29) is 11.6 Å². The summed E-state index contributed by atoms with van der Waals surface area (Å²) in [4.78, 5) is 18.4. The topological polar surface area (TPSA) is 90.2 Å². The molecule has 0 bridgehead atoms. The van der Waals surface area contributed by atoms with Crippen LogP contribution in [0.1, 0.15) is 5.56 Å². The predicted molar refractivity (Wildman–Crippen MR) is 91.5 cm³/mol. The molecule has 0 radical (unpaired) electrons. The molecule has 0 saturated heterocycles. The summed E-state index contributed by atoms with van der Waals surface area (Å²) in [5.41, 5.74) is 1.32. The average Bonchev–Trinajstić information content (AvgIpc) is 2.64. The molecule has 0 atom stereocenters. The Hall–Kier alpha value is -3.43. The Morgan fingerprint density at radius 1 is 1.11 bits per heavy atom. The van der Waals surface area contributed by atoms with E-state index in [1.54, 1.807) is 18.2 Å². The number of rotatable bonds is 6. The molecule has 10 heteroatoms. The van der Waals surface area contributed by atoms with Gasteiger partial charge in [0.1, 0.15) is 0 Å². The Bertz CT molecular complexity index is 962. The second-order valence-electron chi connectivity index (χ2n) is 5.57. The van der Waals surface area contributed by atoms with E-state index in [0.717, 1.165) is 0 Å². The molecule has 0 saturated carbocycles. The first-order valence-corrected chi connectivity index (χ1v) is 7.73. The minimum atomic E-state index is -4.42. The molecule has 27 heavy (non-hydrogen) atoms. The fraction of sp³-hybridized carbons (Fsp3) is 0.176. The van der Waals surface area contributed by atoms with Gasteiger partial charge < -0.3 is 10.1 Å². The Kier molecular flexibility index (Phi) is 5.06. The van der Waals surface area contributed by atoms with E-state index in [0.29, 0.717) is 28.6 Å². The van der Waals surface area contributed by atoms with Crippen molar-refractivity contribution in [2.45, 2.75) is 12.7 Å². The number of nitro benzene ring substituents is 1. The van der Waals surface area contributed by atoms with Crippen LogP contribution in [0.3, 0.4) is 0 Å². The minimum Gasteiger partial charge on any atom is -0.468 e. The van der Waals surface area contributed by atoms with Gasteiger partial charge in [0, 0.05) is 48.3 Å². The van der Waals surface area contributed by atoms with Crippen LogP contribution < -0.4 is 10.1 Å². The van der Waals surface area contributed by atoms with Gasteiger partial charge in [-0.05, 0) is 17.7 Å². The highest BCUT2D eigenvalue weighted by molar-refractivity contribution is 5.99. The largest absolute Gasteiger partial charge is 0.468 e. The molecular weight excluding hydrogens is 365 g/mol. The van der Waals surface area contributed by atoms with E-state index in [1.165, 1.54) is 30.7 Å². The van der Waals surface area contributed by atoms with Crippen LogP contribution in [-0.4, -0.2) is 27.7 Å². The molecule has 1 aromatic carbocycles. The van der Waals surface area contributed by atoms with Crippen molar-refractivity contribution in [3.05, 3.63) is 64.6 Å². The molecule has 0 unspecified atom stereocenters. The summed E-state index contributed by atoms with van der Waals surface area (Å²) in [6, 6.07) is 7.58. The highest BCUT2D eigenvalue weighted by Gasteiger charge is 2.28. The van der Waals surface area contributed by atoms with Crippen LogP contribution in [0.25, 0.3) is 10.8 Å². The van der Waals surface area contributed by atoms with Crippen LogP contribution in [0.4, 0.5) is 24.5 Å². The third-order valence-electron chi connectivity index (χ3n) is 3.66. The zero-order valence-electron chi connectivity index (χ0n) is 13.7. The third-order valence-corrected chi connectivity index (χ3v) is 3.66. The van der Waals surface area contributed by atoms with Crippen molar-refractivity contribution in [2.75, 3.05) is 11.9 Å². The number of halogens is 3. The van der Waals surface area contributed by atoms with Crippen LogP contribution in [0, 0.1) is 10.1 Å². The van der Waals surface area contributed by atoms with Crippen molar-refractivity contribution in [2.24, 2.45) is 0 Å². The van der Waals surface area contributed by atoms with Crippen molar-refractivity contribution in [1.82, 2.24) is 9.97 Å². The van der Waals surface area contributed by atoms with Gasteiger partial charge in [0.25, 0.3) is 5.69 Å². The van der Waals surface area contributed by atoms with E-state index < -0.39 is 17.7 Å². The number of nitrogens with zero attached hydrogens (tertiary/aromatic N) is 3. The molecule has 1 N–H and O–H groups in total. The van der Waals surface area contributed by atoms with Crippen molar-refractivity contribution in [3.63, 3.8) is 0 Å². The second kappa shape index (κ2) is 7.44. The molecule has 0 aliphatic rings. The Morgan fingerprint density at radius 3 is 2.59 bits per heavy atom. The van der Waals surface area contributed by atoms with Gasteiger partial charge in [-0.15, -0.1) is 0 Å². The van der Waals surface area contributed by atoms with Gasteiger partial charge in [-0.25, -0.2) is 4.98 Å². The van der Waals surface area contributed by atoms with Crippen molar-refractivity contribution in [1.29, 1.82) is 0 Å². The van der Waals surface area contributed by atoms with Crippen LogP contribution in [0.2, 0.25) is 0 Å². The maximum absolute atomic E-state index is 12.1. The third kappa shape index (κ3) is 4.60. The molecule has 2 heterocycles. The lowest BCUT2D eigenvalue weighted by Gasteiger charge is -2.11. The number of anilines is 1. The van der Waals surface area contributed by atoms with Crippen molar-refractivity contribution < 1.29 is 22.8 Å². The number of fused-ring (bicyclic) bond motifs is 1. The van der Waals surface area contributed by atoms with Crippen LogP contribution in [0.5, 0.6) is 5.88 Å². The zero-order valence-corrected chi connectivity index (χ0v) is 13.7. The number of ether oxygens (including phenoxy) is 1. The number of hydrogen-bond donors (Lipinski definition) is 1. The fourth-order valence-corrected chi connectivity index (χ4v) is 2.44. The number of benzene rings is 1. The molecule has 0 aliphatic carbocycles. The average molecular weight is 378 g/mol. The van der Waals surface area contributed by atoms with Gasteiger partial charge in [0.15, 0.2) is 6.61 Å². The maximum atomic E-state index is 12.1. The predicted octanol–water partition coefficient (Wildman–Crippen LogP) is 4.09. The van der Waals surface area contributed by atoms with Gasteiger partial charge in [0.05, 0.1) is 10.3 Å². The molecule has 140 valence electrons. The summed E-state index contributed by atoms with van der Waals surface area (Å²) in [5, 5.41) is 15.3. The standard InChI is InChI=1S/C17H13F3N4O3/c18-17(19,20)10-27-16-4-1-11(8-23-16)7-22-14-2-3-15(24(25)26)13-9-21-6-5-12(13)14/h1-6,8-9,22H,7,10H2. The lowest BCUT2D eigenvalue weighted by atomic mass is 10.1. The van der Waals surface area contributed by atoms with E-state index in [1.807, 2.05) is 0 Å². The Labute approximate surface area is 151 Å². The number of non-ortho nitro benzene ring substituents is 1. The Morgan fingerprint density at radius 2 is 1.93 bits per heavy atom. The van der Waals surface area contributed by atoms with Crippen LogP contribution in [-0.2, 0) is 6.54 Å². The zero-order chi connectivity index (χ0) is 19.4. The van der Waals surface area contributed by atoms with Gasteiger partial charge >= 0.3 is 6.18 Å². The van der Waals surface area contributed by atoms with Gasteiger partial charge in [0.2, 0.25) is 5.88 Å². The maximum Gasteiger partial charge on any atom is 0.422 e. The molecule has 0 spiro atoms. The fourth-order valence-electron chi connectivity index (χ4n) is 2.44. The lowest BCUT2D eigenvalue weighted by molar-refractivity contribution is -0.383. The smallest absolute Gasteiger partial charge is 0.422 e. The summed E-state index contributed by atoms with van der Waals surface area (Å²) in [7, 11) is 0. The summed E-state index contributed by atoms with van der Waals surface area (Å²) in [6.07, 6.45) is -0.0693. The van der Waals surface area contributed by atoms with Crippen LogP contribution >= 0.6 is 0 Å². The number of nitro groups is 1. The minimum absolute atomic E-state index is 0.0449. The summed E-state index contributed by atoms with van der Waals surface area (Å²) < 4.78 is 40.9. The number of pyridine rings is 2. The number of alkyl halides is 3. The van der Waals surface area contributed by atoms with Crippen molar-refractivity contribution in [3.8, 4) is 5.88 Å². The lowest BCUT2D eigenvalue weighted by Crippen LogP contribution is -2.19. The first-order chi connectivity index (χ1) is 12.8. The second-order valence-corrected chi connectivity index (χ2v) is 5.57. The Balaban J connectivity index is 1.72. The number of hydrogen-bond acceptors (Lipinski definition) is 6.